The van der Waals surface area contributed by atoms with Gasteiger partial charge in [0, 0.05) is 12.2 Å². The zero-order valence-corrected chi connectivity index (χ0v) is 12.4. The number of nitrogens with zero attached hydrogens (tertiary/aromatic N) is 3. The zero-order chi connectivity index (χ0) is 13.9. The lowest BCUT2D eigenvalue weighted by molar-refractivity contribution is 0.254. The third-order valence-electron chi connectivity index (χ3n) is 3.67. The number of benzene rings is 1. The van der Waals surface area contributed by atoms with E-state index >= 15 is 0 Å². The summed E-state index contributed by atoms with van der Waals surface area (Å²) in [6, 6.07) is 10.5. The lowest BCUT2D eigenvalue weighted by Gasteiger charge is -2.19. The van der Waals surface area contributed by atoms with Gasteiger partial charge in [-0.15, -0.1) is 0 Å². The van der Waals surface area contributed by atoms with Gasteiger partial charge in [0.1, 0.15) is 11.0 Å². The molecule has 0 atom stereocenters. The fourth-order valence-corrected chi connectivity index (χ4v) is 3.02. The van der Waals surface area contributed by atoms with Gasteiger partial charge in [0.05, 0.1) is 6.54 Å². The predicted octanol–water partition coefficient (Wildman–Crippen LogP) is 3.39. The Morgan fingerprint density at radius 3 is 2.80 bits per heavy atom. The number of hydrogen-bond acceptors (Lipinski definition) is 3. The predicted molar refractivity (Wildman–Crippen MR) is 80.7 cm³/mol. The van der Waals surface area contributed by atoms with E-state index in [1.807, 2.05) is 6.92 Å². The second kappa shape index (κ2) is 5.90. The van der Waals surface area contributed by atoms with Crippen LogP contribution in [0.4, 0.5) is 0 Å². The normalized spacial score (nSPS) is 15.7. The molecular formula is C16H18ClN3. The maximum Gasteiger partial charge on any atom is 0.144 e. The number of fused-ring (bicyclic) bond motifs is 1. The van der Waals surface area contributed by atoms with Crippen LogP contribution < -0.4 is 0 Å². The van der Waals surface area contributed by atoms with Gasteiger partial charge in [-0.2, -0.15) is 0 Å². The van der Waals surface area contributed by atoms with Gasteiger partial charge < -0.3 is 0 Å². The van der Waals surface area contributed by atoms with Crippen LogP contribution in [0.1, 0.15) is 29.1 Å². The van der Waals surface area contributed by atoms with Crippen molar-refractivity contribution in [2.45, 2.75) is 32.9 Å². The van der Waals surface area contributed by atoms with Crippen molar-refractivity contribution in [1.29, 1.82) is 0 Å². The van der Waals surface area contributed by atoms with Crippen LogP contribution in [0.15, 0.2) is 30.3 Å². The van der Waals surface area contributed by atoms with Crippen LogP contribution in [0.2, 0.25) is 5.15 Å². The lowest BCUT2D eigenvalue weighted by Crippen LogP contribution is -2.24. The maximum absolute atomic E-state index is 6.01. The zero-order valence-electron chi connectivity index (χ0n) is 11.6. The molecule has 0 bridgehead atoms. The molecule has 0 unspecified atom stereocenters. The summed E-state index contributed by atoms with van der Waals surface area (Å²) >= 11 is 6.01. The topological polar surface area (TPSA) is 29.0 Å². The van der Waals surface area contributed by atoms with Crippen LogP contribution in [0.5, 0.6) is 0 Å². The van der Waals surface area contributed by atoms with E-state index in [2.05, 4.69) is 39.1 Å². The number of aryl methyl sites for hydroxylation is 2. The molecule has 1 aliphatic rings. The average Bonchev–Trinajstić information content (AvgIpc) is 2.59. The van der Waals surface area contributed by atoms with Crippen LogP contribution in [0.3, 0.4) is 0 Å². The molecule has 1 aromatic carbocycles. The minimum Gasteiger partial charge on any atom is -0.292 e. The monoisotopic (exact) mass is 287 g/mol. The average molecular weight is 288 g/mol. The second-order valence-corrected chi connectivity index (χ2v) is 5.72. The molecular weight excluding hydrogens is 270 g/mol. The van der Waals surface area contributed by atoms with Crippen molar-refractivity contribution in [2.24, 2.45) is 0 Å². The van der Waals surface area contributed by atoms with Gasteiger partial charge >= 0.3 is 0 Å². The third kappa shape index (κ3) is 3.17. The van der Waals surface area contributed by atoms with Crippen molar-refractivity contribution in [2.75, 3.05) is 6.54 Å². The van der Waals surface area contributed by atoms with E-state index in [1.165, 1.54) is 17.5 Å². The SMILES string of the molecule is Cc1cc(Cl)nc(CN2CCCc3ccccc3C2)n1. The summed E-state index contributed by atoms with van der Waals surface area (Å²) in [5.74, 6) is 0.814. The molecule has 3 nitrogen and oxygen atoms in total. The number of halogens is 1. The molecule has 4 heteroatoms. The quantitative estimate of drug-likeness (QED) is 0.793. The maximum atomic E-state index is 6.01. The van der Waals surface area contributed by atoms with E-state index in [4.69, 9.17) is 11.6 Å². The van der Waals surface area contributed by atoms with E-state index in [0.717, 1.165) is 37.6 Å². The van der Waals surface area contributed by atoms with E-state index in [1.54, 1.807) is 6.07 Å². The first-order valence-corrected chi connectivity index (χ1v) is 7.38. The molecule has 0 amide bonds. The summed E-state index contributed by atoms with van der Waals surface area (Å²) < 4.78 is 0. The highest BCUT2D eigenvalue weighted by atomic mass is 35.5. The van der Waals surface area contributed by atoms with Crippen LogP contribution in [0, 0.1) is 6.92 Å². The van der Waals surface area contributed by atoms with E-state index in [9.17, 15) is 0 Å². The molecule has 20 heavy (non-hydrogen) atoms. The van der Waals surface area contributed by atoms with Gasteiger partial charge in [0.15, 0.2) is 0 Å². The van der Waals surface area contributed by atoms with Crippen LogP contribution in [-0.2, 0) is 19.5 Å². The van der Waals surface area contributed by atoms with E-state index in [-0.39, 0.29) is 0 Å². The molecule has 0 spiro atoms. The van der Waals surface area contributed by atoms with Crippen LogP contribution >= 0.6 is 11.6 Å². The van der Waals surface area contributed by atoms with E-state index < -0.39 is 0 Å². The summed E-state index contributed by atoms with van der Waals surface area (Å²) in [5, 5.41) is 0.530. The molecule has 0 fully saturated rings. The summed E-state index contributed by atoms with van der Waals surface area (Å²) in [7, 11) is 0. The summed E-state index contributed by atoms with van der Waals surface area (Å²) in [4.78, 5) is 11.2. The van der Waals surface area contributed by atoms with Gasteiger partial charge in [-0.25, -0.2) is 9.97 Å². The second-order valence-electron chi connectivity index (χ2n) is 5.33. The highest BCUT2D eigenvalue weighted by Crippen LogP contribution is 2.19. The van der Waals surface area contributed by atoms with Crippen molar-refractivity contribution in [3.63, 3.8) is 0 Å². The molecule has 2 heterocycles. The molecule has 0 radical (unpaired) electrons. The fourth-order valence-electron chi connectivity index (χ4n) is 2.76. The van der Waals surface area contributed by atoms with Crippen molar-refractivity contribution in [1.82, 2.24) is 14.9 Å². The fraction of sp³-hybridized carbons (Fsp3) is 0.375. The first-order chi connectivity index (χ1) is 9.70. The Morgan fingerprint density at radius 2 is 2.00 bits per heavy atom. The molecule has 104 valence electrons. The van der Waals surface area contributed by atoms with Gasteiger partial charge in [-0.3, -0.25) is 4.90 Å². The Labute approximate surface area is 124 Å². The van der Waals surface area contributed by atoms with Gasteiger partial charge in [-0.1, -0.05) is 35.9 Å². The first-order valence-electron chi connectivity index (χ1n) is 7.00. The molecule has 2 aromatic rings. The number of hydrogen-bond donors (Lipinski definition) is 0. The summed E-state index contributed by atoms with van der Waals surface area (Å²) in [6.07, 6.45) is 2.33. The number of aromatic nitrogens is 2. The molecule has 1 aromatic heterocycles. The molecule has 0 N–H and O–H groups in total. The summed E-state index contributed by atoms with van der Waals surface area (Å²) in [5.41, 5.74) is 3.82. The van der Waals surface area contributed by atoms with Gasteiger partial charge in [-0.05, 0) is 43.5 Å². The minimum atomic E-state index is 0.530. The number of rotatable bonds is 2. The van der Waals surface area contributed by atoms with Crippen LogP contribution in [-0.4, -0.2) is 21.4 Å². The molecule has 0 aliphatic carbocycles. The highest BCUT2D eigenvalue weighted by molar-refractivity contribution is 6.29. The van der Waals surface area contributed by atoms with Crippen molar-refractivity contribution in [3.8, 4) is 0 Å². The Morgan fingerprint density at radius 1 is 1.20 bits per heavy atom. The minimum absolute atomic E-state index is 0.530. The van der Waals surface area contributed by atoms with Gasteiger partial charge in [0.2, 0.25) is 0 Å². The Hall–Kier alpha value is -1.45. The molecule has 1 aliphatic heterocycles. The van der Waals surface area contributed by atoms with Crippen LogP contribution in [0.25, 0.3) is 0 Å². The smallest absolute Gasteiger partial charge is 0.144 e. The van der Waals surface area contributed by atoms with E-state index in [0.29, 0.717) is 5.15 Å². The summed E-state index contributed by atoms with van der Waals surface area (Å²) in [6.45, 7) is 4.75. The van der Waals surface area contributed by atoms with Gasteiger partial charge in [0.25, 0.3) is 0 Å². The standard InChI is InChI=1S/C16H18ClN3/c1-12-9-15(17)19-16(18-12)11-20-8-4-7-13-5-2-3-6-14(13)10-20/h2-3,5-6,9H,4,7-8,10-11H2,1H3. The highest BCUT2D eigenvalue weighted by Gasteiger charge is 2.15. The van der Waals surface area contributed by atoms with Crippen molar-refractivity contribution < 1.29 is 0 Å². The lowest BCUT2D eigenvalue weighted by atomic mass is 10.0. The largest absolute Gasteiger partial charge is 0.292 e. The molecule has 0 saturated carbocycles. The first kappa shape index (κ1) is 13.5. The van der Waals surface area contributed by atoms with Crippen molar-refractivity contribution >= 4 is 11.6 Å². The van der Waals surface area contributed by atoms with Crippen molar-refractivity contribution in [3.05, 3.63) is 58.1 Å². The molecule has 3 rings (SSSR count). The molecule has 0 saturated heterocycles. The Kier molecular flexibility index (Phi) is 3.99. The Balaban J connectivity index is 1.78. The third-order valence-corrected chi connectivity index (χ3v) is 3.86. The Bertz CT molecular complexity index is 592.